The van der Waals surface area contributed by atoms with Crippen molar-refractivity contribution in [3.05, 3.63) is 28.7 Å². The number of likely N-dealkylation sites (N-methyl/N-ethyl adjacent to an activating group) is 1. The lowest BCUT2D eigenvalue weighted by Gasteiger charge is -2.14. The Morgan fingerprint density at radius 3 is 2.89 bits per heavy atom. The average molecular weight is 261 g/mol. The third-order valence-corrected chi connectivity index (χ3v) is 2.75. The van der Waals surface area contributed by atoms with E-state index in [1.165, 1.54) is 0 Å². The van der Waals surface area contributed by atoms with Gasteiger partial charge in [-0.15, -0.1) is 0 Å². The second-order valence-corrected chi connectivity index (χ2v) is 4.18. The molecular weight excluding hydrogens is 246 g/mol. The Morgan fingerprint density at radius 2 is 2.21 bits per heavy atom. The SMILES string of the molecule is CNC(=O)C(C)Nc1nc(=O)[nH]c2ccc(N)cc12. The molecule has 0 aliphatic heterocycles. The van der Waals surface area contributed by atoms with E-state index in [0.717, 1.165) is 0 Å². The average Bonchev–Trinajstić information content (AvgIpc) is 2.38. The van der Waals surface area contributed by atoms with Crippen molar-refractivity contribution in [2.45, 2.75) is 13.0 Å². The van der Waals surface area contributed by atoms with Crippen LogP contribution in [0.4, 0.5) is 11.5 Å². The van der Waals surface area contributed by atoms with Crippen molar-refractivity contribution in [1.82, 2.24) is 15.3 Å². The van der Waals surface area contributed by atoms with Crippen LogP contribution in [-0.2, 0) is 4.79 Å². The van der Waals surface area contributed by atoms with Crippen LogP contribution in [0.2, 0.25) is 0 Å². The van der Waals surface area contributed by atoms with E-state index in [1.54, 1.807) is 32.2 Å². The van der Waals surface area contributed by atoms with Crippen molar-refractivity contribution in [2.24, 2.45) is 0 Å². The molecule has 100 valence electrons. The number of hydrogen-bond acceptors (Lipinski definition) is 5. The van der Waals surface area contributed by atoms with Gasteiger partial charge in [0.2, 0.25) is 5.91 Å². The number of amides is 1. The number of carbonyl (C=O) groups is 1. The van der Waals surface area contributed by atoms with Gasteiger partial charge >= 0.3 is 5.69 Å². The van der Waals surface area contributed by atoms with Gasteiger partial charge in [-0.3, -0.25) is 4.79 Å². The fraction of sp³-hybridized carbons (Fsp3) is 0.250. The number of nitrogens with one attached hydrogen (secondary N) is 3. The number of aromatic amines is 1. The van der Waals surface area contributed by atoms with E-state index >= 15 is 0 Å². The van der Waals surface area contributed by atoms with Crippen LogP contribution in [-0.4, -0.2) is 29.0 Å². The van der Waals surface area contributed by atoms with E-state index in [2.05, 4.69) is 20.6 Å². The third kappa shape index (κ3) is 2.65. The van der Waals surface area contributed by atoms with Crippen molar-refractivity contribution in [3.63, 3.8) is 0 Å². The number of rotatable bonds is 3. The largest absolute Gasteiger partial charge is 0.399 e. The molecule has 1 unspecified atom stereocenters. The van der Waals surface area contributed by atoms with Crippen molar-refractivity contribution < 1.29 is 4.79 Å². The van der Waals surface area contributed by atoms with Gasteiger partial charge in [0.1, 0.15) is 11.9 Å². The topological polar surface area (TPSA) is 113 Å². The Hall–Kier alpha value is -2.57. The first kappa shape index (κ1) is 12.9. The van der Waals surface area contributed by atoms with Crippen LogP contribution in [0.25, 0.3) is 10.9 Å². The van der Waals surface area contributed by atoms with Gasteiger partial charge in [-0.1, -0.05) is 0 Å². The molecule has 0 saturated heterocycles. The fourth-order valence-electron chi connectivity index (χ4n) is 1.77. The molecule has 7 heteroatoms. The fourth-order valence-corrected chi connectivity index (χ4v) is 1.77. The van der Waals surface area contributed by atoms with Gasteiger partial charge in [-0.25, -0.2) is 4.79 Å². The number of benzene rings is 1. The van der Waals surface area contributed by atoms with E-state index in [4.69, 9.17) is 5.73 Å². The normalized spacial score (nSPS) is 12.1. The lowest BCUT2D eigenvalue weighted by Crippen LogP contribution is -2.36. The second-order valence-electron chi connectivity index (χ2n) is 4.18. The Morgan fingerprint density at radius 1 is 1.47 bits per heavy atom. The maximum Gasteiger partial charge on any atom is 0.347 e. The van der Waals surface area contributed by atoms with Crippen LogP contribution in [0.3, 0.4) is 0 Å². The summed E-state index contributed by atoms with van der Waals surface area (Å²) in [6.07, 6.45) is 0. The summed E-state index contributed by atoms with van der Waals surface area (Å²) in [7, 11) is 1.54. The minimum absolute atomic E-state index is 0.195. The molecule has 0 aliphatic carbocycles. The lowest BCUT2D eigenvalue weighted by atomic mass is 10.2. The van der Waals surface area contributed by atoms with Crippen LogP contribution >= 0.6 is 0 Å². The number of aromatic nitrogens is 2. The lowest BCUT2D eigenvalue weighted by molar-refractivity contribution is -0.121. The number of nitrogens with zero attached hydrogens (tertiary/aromatic N) is 1. The minimum atomic E-state index is -0.510. The Balaban J connectivity index is 2.49. The van der Waals surface area contributed by atoms with E-state index < -0.39 is 11.7 Å². The summed E-state index contributed by atoms with van der Waals surface area (Å²) in [5, 5.41) is 6.09. The van der Waals surface area contributed by atoms with Crippen LogP contribution in [0.15, 0.2) is 23.0 Å². The second kappa shape index (κ2) is 4.97. The number of nitrogen functional groups attached to an aromatic ring is 1. The summed E-state index contributed by atoms with van der Waals surface area (Å²) in [6, 6.07) is 4.56. The molecule has 0 fully saturated rings. The first-order valence-electron chi connectivity index (χ1n) is 5.79. The molecule has 1 aromatic heterocycles. The summed E-state index contributed by atoms with van der Waals surface area (Å²) in [4.78, 5) is 29.4. The van der Waals surface area contributed by atoms with Gasteiger partial charge in [-0.2, -0.15) is 4.98 Å². The molecule has 0 radical (unpaired) electrons. The summed E-state index contributed by atoms with van der Waals surface area (Å²) in [5.41, 5.74) is 6.40. The van der Waals surface area contributed by atoms with Crippen LogP contribution in [0, 0.1) is 0 Å². The molecule has 1 heterocycles. The molecule has 2 aromatic rings. The smallest absolute Gasteiger partial charge is 0.347 e. The Bertz CT molecular complexity index is 679. The van der Waals surface area contributed by atoms with E-state index in [1.807, 2.05) is 0 Å². The Kier molecular flexibility index (Phi) is 3.37. The zero-order valence-corrected chi connectivity index (χ0v) is 10.7. The van der Waals surface area contributed by atoms with Gasteiger partial charge in [0.05, 0.1) is 5.52 Å². The van der Waals surface area contributed by atoms with Gasteiger partial charge in [0.25, 0.3) is 0 Å². The number of anilines is 2. The molecule has 2 rings (SSSR count). The molecular formula is C12H15N5O2. The highest BCUT2D eigenvalue weighted by Crippen LogP contribution is 2.21. The van der Waals surface area contributed by atoms with E-state index in [-0.39, 0.29) is 5.91 Å². The maximum atomic E-state index is 11.5. The zero-order chi connectivity index (χ0) is 14.0. The summed E-state index contributed by atoms with van der Waals surface area (Å²) >= 11 is 0. The highest BCUT2D eigenvalue weighted by atomic mass is 16.2. The van der Waals surface area contributed by atoms with Crippen molar-refractivity contribution in [2.75, 3.05) is 18.1 Å². The molecule has 1 atom stereocenters. The standard InChI is InChI=1S/C12H15N5O2/c1-6(11(18)14-2)15-10-8-5-7(13)3-4-9(8)16-12(19)17-10/h3-6H,13H2,1-2H3,(H,14,18)(H2,15,16,17,19). The molecule has 1 amide bonds. The highest BCUT2D eigenvalue weighted by molar-refractivity contribution is 5.93. The van der Waals surface area contributed by atoms with Gasteiger partial charge < -0.3 is 21.4 Å². The summed E-state index contributed by atoms with van der Waals surface area (Å²) in [5.74, 6) is 0.140. The van der Waals surface area contributed by atoms with Crippen LogP contribution in [0.5, 0.6) is 0 Å². The van der Waals surface area contributed by atoms with Crippen molar-refractivity contribution in [1.29, 1.82) is 0 Å². The monoisotopic (exact) mass is 261 g/mol. The Labute approximate surface area is 109 Å². The zero-order valence-electron chi connectivity index (χ0n) is 10.7. The van der Waals surface area contributed by atoms with Crippen molar-refractivity contribution >= 4 is 28.3 Å². The van der Waals surface area contributed by atoms with Gasteiger partial charge in [-0.05, 0) is 25.1 Å². The summed E-state index contributed by atoms with van der Waals surface area (Å²) < 4.78 is 0. The van der Waals surface area contributed by atoms with Crippen LogP contribution in [0.1, 0.15) is 6.92 Å². The quantitative estimate of drug-likeness (QED) is 0.583. The number of H-pyrrole nitrogens is 1. The molecule has 7 nitrogen and oxygen atoms in total. The summed E-state index contributed by atoms with van der Waals surface area (Å²) in [6.45, 7) is 1.68. The predicted molar refractivity (Wildman–Crippen MR) is 73.9 cm³/mol. The predicted octanol–water partition coefficient (Wildman–Crippen LogP) is 0.0517. The highest BCUT2D eigenvalue weighted by Gasteiger charge is 2.13. The van der Waals surface area contributed by atoms with Gasteiger partial charge in [0.15, 0.2) is 0 Å². The number of fused-ring (bicyclic) bond motifs is 1. The van der Waals surface area contributed by atoms with Crippen molar-refractivity contribution in [3.8, 4) is 0 Å². The number of nitrogens with two attached hydrogens (primary N) is 1. The first-order chi connectivity index (χ1) is 9.01. The first-order valence-corrected chi connectivity index (χ1v) is 5.79. The van der Waals surface area contributed by atoms with E-state index in [9.17, 15) is 9.59 Å². The molecule has 0 spiro atoms. The molecule has 5 N–H and O–H groups in total. The number of carbonyl (C=O) groups excluding carboxylic acids is 1. The van der Waals surface area contributed by atoms with Gasteiger partial charge in [0, 0.05) is 18.1 Å². The number of hydrogen-bond donors (Lipinski definition) is 4. The third-order valence-electron chi connectivity index (χ3n) is 2.75. The molecule has 19 heavy (non-hydrogen) atoms. The minimum Gasteiger partial charge on any atom is -0.399 e. The molecule has 1 aromatic carbocycles. The molecule has 0 saturated carbocycles. The van der Waals surface area contributed by atoms with Crippen LogP contribution < -0.4 is 22.1 Å². The maximum absolute atomic E-state index is 11.5. The molecule has 0 bridgehead atoms. The van der Waals surface area contributed by atoms with E-state index in [0.29, 0.717) is 22.4 Å². The molecule has 0 aliphatic rings.